The summed E-state index contributed by atoms with van der Waals surface area (Å²) < 4.78 is 10.4. The summed E-state index contributed by atoms with van der Waals surface area (Å²) in [6, 6.07) is 13.0. The van der Waals surface area contributed by atoms with E-state index in [2.05, 4.69) is 12.2 Å². The first-order valence-corrected chi connectivity index (χ1v) is 9.00. The van der Waals surface area contributed by atoms with E-state index < -0.39 is 5.92 Å². The molecule has 1 saturated heterocycles. The van der Waals surface area contributed by atoms with Gasteiger partial charge in [-0.25, -0.2) is 0 Å². The largest absolute Gasteiger partial charge is 0.497 e. The number of hydrogen-bond acceptors (Lipinski definition) is 4. The van der Waals surface area contributed by atoms with Crippen molar-refractivity contribution in [3.63, 3.8) is 0 Å². The molecule has 0 aromatic heterocycles. The van der Waals surface area contributed by atoms with Gasteiger partial charge in [-0.3, -0.25) is 9.59 Å². The minimum absolute atomic E-state index is 0.174. The second-order valence-electron chi connectivity index (χ2n) is 6.44. The molecule has 0 aliphatic carbocycles. The van der Waals surface area contributed by atoms with Crippen LogP contribution in [0.5, 0.6) is 11.5 Å². The Morgan fingerprint density at radius 2 is 1.74 bits per heavy atom. The number of nitrogens with one attached hydrogen (secondary N) is 1. The molecule has 27 heavy (non-hydrogen) atoms. The Morgan fingerprint density at radius 3 is 2.30 bits per heavy atom. The summed E-state index contributed by atoms with van der Waals surface area (Å²) in [5.41, 5.74) is 2.58. The molecular formula is C21H24N2O4. The number of anilines is 2. The summed E-state index contributed by atoms with van der Waals surface area (Å²) in [6.45, 7) is 2.62. The lowest BCUT2D eigenvalue weighted by molar-refractivity contribution is -0.129. The standard InChI is InChI=1S/C21H24N2O4/c1-4-14-5-7-16(8-6-14)23-10-9-19(21(23)25)20(24)22-15-11-17(26-2)13-18(12-15)27-3/h5-8,11-13,19H,4,9-10H2,1-3H3,(H,22,24)/t19-/m0/s1. The fourth-order valence-corrected chi connectivity index (χ4v) is 3.20. The van der Waals surface area contributed by atoms with E-state index in [-0.39, 0.29) is 11.8 Å². The monoisotopic (exact) mass is 368 g/mol. The first-order valence-electron chi connectivity index (χ1n) is 9.00. The van der Waals surface area contributed by atoms with Gasteiger partial charge in [0.25, 0.3) is 0 Å². The molecule has 1 N–H and O–H groups in total. The van der Waals surface area contributed by atoms with Crippen LogP contribution in [0.1, 0.15) is 18.9 Å². The number of ether oxygens (including phenoxy) is 2. The fourth-order valence-electron chi connectivity index (χ4n) is 3.20. The zero-order chi connectivity index (χ0) is 19.4. The molecule has 6 heteroatoms. The summed E-state index contributed by atoms with van der Waals surface area (Å²) in [5.74, 6) is -0.0530. The van der Waals surface area contributed by atoms with Crippen molar-refractivity contribution in [1.29, 1.82) is 0 Å². The SMILES string of the molecule is CCc1ccc(N2CC[C@@H](C(=O)Nc3cc(OC)cc(OC)c3)C2=O)cc1. The van der Waals surface area contributed by atoms with Gasteiger partial charge in [-0.1, -0.05) is 19.1 Å². The molecule has 6 nitrogen and oxygen atoms in total. The van der Waals surface area contributed by atoms with Crippen molar-refractivity contribution in [3.05, 3.63) is 48.0 Å². The molecular weight excluding hydrogens is 344 g/mol. The van der Waals surface area contributed by atoms with Gasteiger partial charge >= 0.3 is 0 Å². The average Bonchev–Trinajstić information content (AvgIpc) is 3.09. The van der Waals surface area contributed by atoms with E-state index in [4.69, 9.17) is 9.47 Å². The van der Waals surface area contributed by atoms with Gasteiger partial charge in [-0.15, -0.1) is 0 Å². The first kappa shape index (κ1) is 18.8. The third-order valence-electron chi connectivity index (χ3n) is 4.80. The number of rotatable bonds is 6. The molecule has 0 bridgehead atoms. The van der Waals surface area contributed by atoms with Gasteiger partial charge in [0.2, 0.25) is 11.8 Å². The maximum Gasteiger partial charge on any atom is 0.239 e. The molecule has 1 aliphatic heterocycles. The molecule has 1 heterocycles. The van der Waals surface area contributed by atoms with Crippen LogP contribution in [0.25, 0.3) is 0 Å². The van der Waals surface area contributed by atoms with E-state index in [0.29, 0.717) is 30.2 Å². The van der Waals surface area contributed by atoms with Gasteiger partial charge in [-0.2, -0.15) is 0 Å². The number of carbonyl (C=O) groups excluding carboxylic acids is 2. The molecule has 1 aliphatic rings. The number of aryl methyl sites for hydroxylation is 1. The Kier molecular flexibility index (Phi) is 5.64. The number of benzene rings is 2. The van der Waals surface area contributed by atoms with E-state index in [1.54, 1.807) is 37.3 Å². The summed E-state index contributed by atoms with van der Waals surface area (Å²) in [4.78, 5) is 27.1. The second-order valence-corrected chi connectivity index (χ2v) is 6.44. The Labute approximate surface area is 159 Å². The Balaban J connectivity index is 1.71. The molecule has 2 amide bonds. The van der Waals surface area contributed by atoms with Crippen LogP contribution >= 0.6 is 0 Å². The molecule has 2 aromatic rings. The van der Waals surface area contributed by atoms with Crippen LogP contribution in [0, 0.1) is 5.92 Å². The third-order valence-corrected chi connectivity index (χ3v) is 4.80. The van der Waals surface area contributed by atoms with E-state index in [1.165, 1.54) is 5.56 Å². The Bertz CT molecular complexity index is 810. The van der Waals surface area contributed by atoms with Crippen molar-refractivity contribution >= 4 is 23.2 Å². The summed E-state index contributed by atoms with van der Waals surface area (Å²) in [6.07, 6.45) is 1.44. The molecule has 0 saturated carbocycles. The van der Waals surface area contributed by atoms with Gasteiger partial charge in [0, 0.05) is 36.1 Å². The van der Waals surface area contributed by atoms with Gasteiger partial charge in [-0.05, 0) is 30.5 Å². The quantitative estimate of drug-likeness (QED) is 0.795. The molecule has 1 fully saturated rings. The zero-order valence-corrected chi connectivity index (χ0v) is 15.8. The lowest BCUT2D eigenvalue weighted by Crippen LogP contribution is -2.33. The number of amides is 2. The Morgan fingerprint density at radius 1 is 1.11 bits per heavy atom. The topological polar surface area (TPSA) is 67.9 Å². The number of nitrogens with zero attached hydrogens (tertiary/aromatic N) is 1. The summed E-state index contributed by atoms with van der Waals surface area (Å²) in [5, 5.41) is 2.81. The maximum absolute atomic E-state index is 12.8. The third kappa shape index (κ3) is 4.05. The molecule has 1 atom stereocenters. The minimum atomic E-state index is -0.701. The van der Waals surface area contributed by atoms with Crippen molar-refractivity contribution in [3.8, 4) is 11.5 Å². The smallest absolute Gasteiger partial charge is 0.239 e. The number of methoxy groups -OCH3 is 2. The highest BCUT2D eigenvalue weighted by Crippen LogP contribution is 2.29. The molecule has 142 valence electrons. The highest BCUT2D eigenvalue weighted by atomic mass is 16.5. The van der Waals surface area contributed by atoms with Gasteiger partial charge in [0.15, 0.2) is 0 Å². The highest BCUT2D eigenvalue weighted by Gasteiger charge is 2.37. The minimum Gasteiger partial charge on any atom is -0.497 e. The van der Waals surface area contributed by atoms with Crippen molar-refractivity contribution in [2.45, 2.75) is 19.8 Å². The van der Waals surface area contributed by atoms with Crippen LogP contribution in [-0.2, 0) is 16.0 Å². The normalized spacial score (nSPS) is 16.3. The van der Waals surface area contributed by atoms with Gasteiger partial charge in [0.1, 0.15) is 17.4 Å². The lowest BCUT2D eigenvalue weighted by atomic mass is 10.1. The zero-order valence-electron chi connectivity index (χ0n) is 15.8. The maximum atomic E-state index is 12.8. The van der Waals surface area contributed by atoms with Crippen LogP contribution in [0.15, 0.2) is 42.5 Å². The van der Waals surface area contributed by atoms with Gasteiger partial charge in [0.05, 0.1) is 14.2 Å². The lowest BCUT2D eigenvalue weighted by Gasteiger charge is -2.17. The predicted molar refractivity (Wildman–Crippen MR) is 104 cm³/mol. The van der Waals surface area contributed by atoms with Crippen molar-refractivity contribution < 1.29 is 19.1 Å². The Hall–Kier alpha value is -3.02. The molecule has 0 unspecified atom stereocenters. The molecule has 2 aromatic carbocycles. The van der Waals surface area contributed by atoms with E-state index in [9.17, 15) is 9.59 Å². The fraction of sp³-hybridized carbons (Fsp3) is 0.333. The van der Waals surface area contributed by atoms with Crippen LogP contribution in [-0.4, -0.2) is 32.6 Å². The van der Waals surface area contributed by atoms with E-state index in [0.717, 1.165) is 12.1 Å². The van der Waals surface area contributed by atoms with E-state index >= 15 is 0 Å². The molecule has 0 spiro atoms. The summed E-state index contributed by atoms with van der Waals surface area (Å²) >= 11 is 0. The second kappa shape index (κ2) is 8.12. The number of hydrogen-bond donors (Lipinski definition) is 1. The summed E-state index contributed by atoms with van der Waals surface area (Å²) in [7, 11) is 3.09. The van der Waals surface area contributed by atoms with Crippen molar-refractivity contribution in [2.75, 3.05) is 31.0 Å². The van der Waals surface area contributed by atoms with Crippen molar-refractivity contribution in [1.82, 2.24) is 0 Å². The van der Waals surface area contributed by atoms with Crippen LogP contribution in [0.4, 0.5) is 11.4 Å². The predicted octanol–water partition coefficient (Wildman–Crippen LogP) is 3.26. The van der Waals surface area contributed by atoms with Crippen LogP contribution in [0.2, 0.25) is 0 Å². The highest BCUT2D eigenvalue weighted by molar-refractivity contribution is 6.13. The van der Waals surface area contributed by atoms with Crippen molar-refractivity contribution in [2.24, 2.45) is 5.92 Å². The van der Waals surface area contributed by atoms with Gasteiger partial charge < -0.3 is 19.7 Å². The van der Waals surface area contributed by atoms with Crippen LogP contribution < -0.4 is 19.7 Å². The van der Waals surface area contributed by atoms with Crippen LogP contribution in [0.3, 0.4) is 0 Å². The molecule has 0 radical (unpaired) electrons. The average molecular weight is 368 g/mol. The first-order chi connectivity index (χ1) is 13.0. The van der Waals surface area contributed by atoms with E-state index in [1.807, 2.05) is 24.3 Å². The molecule has 3 rings (SSSR count). The number of carbonyl (C=O) groups is 2.